The lowest BCUT2D eigenvalue weighted by Gasteiger charge is -2.29. The molecule has 2 aromatic heterocycles. The predicted octanol–water partition coefficient (Wildman–Crippen LogP) is 2.73. The molecule has 1 saturated heterocycles. The van der Waals surface area contributed by atoms with Crippen molar-refractivity contribution in [3.8, 4) is 11.3 Å². The summed E-state index contributed by atoms with van der Waals surface area (Å²) < 4.78 is 45.7. The zero-order valence-electron chi connectivity index (χ0n) is 18.1. The number of nitrogens with one attached hydrogen (secondary N) is 2. The van der Waals surface area contributed by atoms with Gasteiger partial charge in [-0.3, -0.25) is 0 Å². The van der Waals surface area contributed by atoms with Crippen LogP contribution in [-0.2, 0) is 22.2 Å². The third-order valence-electron chi connectivity index (χ3n) is 5.59. The van der Waals surface area contributed by atoms with Gasteiger partial charge in [0.25, 0.3) is 0 Å². The lowest BCUT2D eigenvalue weighted by Crippen LogP contribution is -2.36. The van der Waals surface area contributed by atoms with E-state index in [-0.39, 0.29) is 12.4 Å². The van der Waals surface area contributed by atoms with E-state index in [1.807, 2.05) is 41.3 Å². The maximum Gasteiger partial charge on any atom is 0.245 e. The number of nitrogens with zero attached hydrogens (tertiary/aromatic N) is 4. The molecule has 11 heteroatoms. The van der Waals surface area contributed by atoms with E-state index in [4.69, 9.17) is 4.74 Å². The fourth-order valence-corrected chi connectivity index (χ4v) is 4.25. The molecule has 2 aromatic carbocycles. The van der Waals surface area contributed by atoms with Crippen LogP contribution in [0.2, 0.25) is 0 Å². The van der Waals surface area contributed by atoms with Gasteiger partial charge in [0.05, 0.1) is 36.3 Å². The van der Waals surface area contributed by atoms with E-state index in [1.165, 1.54) is 6.07 Å². The maximum absolute atomic E-state index is 14.4. The van der Waals surface area contributed by atoms with Gasteiger partial charge in [-0.05, 0) is 42.0 Å². The zero-order valence-corrected chi connectivity index (χ0v) is 19.0. The number of hydrogen-bond acceptors (Lipinski definition) is 7. The fraction of sp³-hybridized carbons (Fsp3) is 0.217. The van der Waals surface area contributed by atoms with Crippen LogP contribution in [0.1, 0.15) is 5.56 Å². The summed E-state index contributed by atoms with van der Waals surface area (Å²) >= 11 is 0. The van der Waals surface area contributed by atoms with Crippen LogP contribution >= 0.6 is 0 Å². The quantitative estimate of drug-likeness (QED) is 0.348. The molecule has 34 heavy (non-hydrogen) atoms. The summed E-state index contributed by atoms with van der Waals surface area (Å²) in [5, 5.41) is 7.80. The number of ether oxygens (including phenoxy) is 1. The lowest BCUT2D eigenvalue weighted by molar-refractivity contribution is 0.122. The second kappa shape index (κ2) is 9.75. The second-order valence-corrected chi connectivity index (χ2v) is 8.65. The second-order valence-electron chi connectivity index (χ2n) is 7.82. The molecular formula is C23H23FN6O3S. The molecule has 0 spiro atoms. The summed E-state index contributed by atoms with van der Waals surface area (Å²) in [7, 11) is -2.66. The Bertz CT molecular complexity index is 1390. The number of hydrogen-bond donors (Lipinski definition) is 3. The molecule has 176 valence electrons. The van der Waals surface area contributed by atoms with E-state index >= 15 is 0 Å². The zero-order chi connectivity index (χ0) is 23.5. The van der Waals surface area contributed by atoms with Crippen LogP contribution in [0.15, 0.2) is 60.8 Å². The molecule has 0 unspecified atom stereocenters. The van der Waals surface area contributed by atoms with E-state index < -0.39 is 10.9 Å². The Kier molecular flexibility index (Phi) is 6.39. The van der Waals surface area contributed by atoms with Crippen molar-refractivity contribution in [3.05, 3.63) is 72.2 Å². The first-order valence-corrected chi connectivity index (χ1v) is 12.0. The van der Waals surface area contributed by atoms with Crippen molar-refractivity contribution in [2.24, 2.45) is 0 Å². The molecule has 5 rings (SSSR count). The number of anilines is 3. The first kappa shape index (κ1) is 22.3. The van der Waals surface area contributed by atoms with Crippen molar-refractivity contribution < 1.29 is 17.5 Å². The van der Waals surface area contributed by atoms with Crippen LogP contribution < -0.4 is 14.9 Å². The minimum Gasteiger partial charge on any atom is -0.378 e. The summed E-state index contributed by atoms with van der Waals surface area (Å²) in [5.74, 6) is 0.0815. The number of morpholine rings is 1. The van der Waals surface area contributed by atoms with Crippen LogP contribution in [0, 0.1) is 5.82 Å². The Morgan fingerprint density at radius 3 is 2.74 bits per heavy atom. The summed E-state index contributed by atoms with van der Waals surface area (Å²) in [6.07, 6.45) is 1.71. The van der Waals surface area contributed by atoms with Gasteiger partial charge >= 0.3 is 0 Å². The molecule has 0 saturated carbocycles. The van der Waals surface area contributed by atoms with E-state index in [0.29, 0.717) is 43.6 Å². The highest BCUT2D eigenvalue weighted by molar-refractivity contribution is 7.70. The maximum atomic E-state index is 14.4. The van der Waals surface area contributed by atoms with Crippen molar-refractivity contribution in [1.29, 1.82) is 0 Å². The molecule has 4 aromatic rings. The Hall–Kier alpha value is -3.54. The molecule has 3 heterocycles. The Labute approximate surface area is 197 Å². The van der Waals surface area contributed by atoms with Crippen molar-refractivity contribution in [3.63, 3.8) is 0 Å². The van der Waals surface area contributed by atoms with Gasteiger partial charge in [0.1, 0.15) is 5.82 Å². The van der Waals surface area contributed by atoms with Gasteiger partial charge in [-0.2, -0.15) is 0 Å². The Balaban J connectivity index is 1.42. The van der Waals surface area contributed by atoms with Crippen molar-refractivity contribution in [2.75, 3.05) is 36.5 Å². The molecule has 2 N–H and O–H groups in total. The minimum absolute atomic E-state index is 0.216. The molecule has 0 aliphatic carbocycles. The van der Waals surface area contributed by atoms with E-state index in [2.05, 4.69) is 20.1 Å². The molecule has 9 nitrogen and oxygen atoms in total. The van der Waals surface area contributed by atoms with Gasteiger partial charge < -0.3 is 15.0 Å². The topological polar surface area (TPSA) is 101 Å². The molecule has 1 aliphatic heterocycles. The summed E-state index contributed by atoms with van der Waals surface area (Å²) in [6, 6.07) is 16.3. The summed E-state index contributed by atoms with van der Waals surface area (Å²) in [6.45, 7) is 2.62. The van der Waals surface area contributed by atoms with Crippen LogP contribution in [0.25, 0.3) is 16.8 Å². The van der Waals surface area contributed by atoms with Crippen LogP contribution in [-0.4, -0.2) is 49.3 Å². The van der Waals surface area contributed by atoms with Crippen LogP contribution in [0.5, 0.6) is 0 Å². The predicted molar refractivity (Wildman–Crippen MR) is 128 cm³/mol. The fourth-order valence-electron chi connectivity index (χ4n) is 3.94. The monoisotopic (exact) mass is 482 g/mol. The van der Waals surface area contributed by atoms with E-state index in [0.717, 1.165) is 22.3 Å². The molecule has 0 atom stereocenters. The standard InChI is InChI=1S/C23H23FN6O3S/c24-20-6-4-18(13-22(20)29-8-10-33-11-9-29)27-23-25-15-19-5-7-21(30(19)28-23)17-3-1-2-16(12-17)14-26-34(31)32/h1-7,12-13,15,34H,8-11,14H2,(H,27,28)(H,26,31,32). The van der Waals surface area contributed by atoms with Crippen LogP contribution in [0.3, 0.4) is 0 Å². The van der Waals surface area contributed by atoms with E-state index in [9.17, 15) is 12.8 Å². The molecule has 0 amide bonds. The number of halogens is 1. The lowest BCUT2D eigenvalue weighted by atomic mass is 10.1. The highest BCUT2D eigenvalue weighted by atomic mass is 32.2. The minimum atomic E-state index is -2.66. The number of aromatic nitrogens is 3. The SMILES string of the molecule is O=[SH](=O)NCc1cccc(-c2ccc3cnc(Nc4ccc(F)c(N5CCOCC5)c4)nn23)c1. The van der Waals surface area contributed by atoms with Gasteiger partial charge in [-0.25, -0.2) is 27.0 Å². The number of thiol groups is 1. The summed E-state index contributed by atoms with van der Waals surface area (Å²) in [5.41, 5.74) is 4.56. The average Bonchev–Trinajstić information content (AvgIpc) is 3.28. The highest BCUT2D eigenvalue weighted by Gasteiger charge is 2.16. The molecule has 0 radical (unpaired) electrons. The molecule has 1 fully saturated rings. The normalized spacial score (nSPS) is 14.1. The van der Waals surface area contributed by atoms with Gasteiger partial charge in [0.2, 0.25) is 16.8 Å². The van der Waals surface area contributed by atoms with Crippen molar-refractivity contribution >= 4 is 33.7 Å². The van der Waals surface area contributed by atoms with Gasteiger partial charge in [-0.15, -0.1) is 5.10 Å². The number of fused-ring (bicyclic) bond motifs is 1. The smallest absolute Gasteiger partial charge is 0.245 e. The molecular weight excluding hydrogens is 459 g/mol. The average molecular weight is 483 g/mol. The Morgan fingerprint density at radius 2 is 1.91 bits per heavy atom. The van der Waals surface area contributed by atoms with E-state index in [1.54, 1.807) is 22.8 Å². The van der Waals surface area contributed by atoms with Crippen molar-refractivity contribution in [1.82, 2.24) is 19.3 Å². The Morgan fingerprint density at radius 1 is 1.06 bits per heavy atom. The third kappa shape index (κ3) is 4.86. The van der Waals surface area contributed by atoms with Gasteiger partial charge in [0.15, 0.2) is 0 Å². The number of rotatable bonds is 7. The van der Waals surface area contributed by atoms with Crippen LogP contribution in [0.4, 0.5) is 21.7 Å². The summed E-state index contributed by atoms with van der Waals surface area (Å²) in [4.78, 5) is 6.35. The first-order valence-electron chi connectivity index (χ1n) is 10.8. The van der Waals surface area contributed by atoms with Gasteiger partial charge in [0, 0.05) is 30.9 Å². The van der Waals surface area contributed by atoms with Gasteiger partial charge in [-0.1, -0.05) is 18.2 Å². The highest BCUT2D eigenvalue weighted by Crippen LogP contribution is 2.27. The van der Waals surface area contributed by atoms with Crippen molar-refractivity contribution in [2.45, 2.75) is 6.54 Å². The molecule has 0 bridgehead atoms. The third-order valence-corrected chi connectivity index (χ3v) is 6.00. The molecule has 1 aliphatic rings. The first-order chi connectivity index (χ1) is 16.6. The number of benzene rings is 2. The largest absolute Gasteiger partial charge is 0.378 e.